The fourth-order valence-corrected chi connectivity index (χ4v) is 3.32. The normalized spacial score (nSPS) is 17.2. The molecule has 2 rings (SSSR count). The van der Waals surface area contributed by atoms with Gasteiger partial charge in [-0.05, 0) is 36.1 Å². The number of benzene rings is 1. The number of ether oxygens (including phenoxy) is 3. The monoisotopic (exact) mass is 279 g/mol. The minimum absolute atomic E-state index is 0.0629. The lowest BCUT2D eigenvalue weighted by atomic mass is 9.76. The van der Waals surface area contributed by atoms with Gasteiger partial charge in [0, 0.05) is 19.1 Å². The van der Waals surface area contributed by atoms with Crippen LogP contribution in [0.3, 0.4) is 0 Å². The largest absolute Gasteiger partial charge is 0.493 e. The van der Waals surface area contributed by atoms with Crippen LogP contribution in [0.4, 0.5) is 0 Å². The summed E-state index contributed by atoms with van der Waals surface area (Å²) in [5.74, 6) is 1.51. The molecule has 2 N–H and O–H groups in total. The molecular weight excluding hydrogens is 254 g/mol. The summed E-state index contributed by atoms with van der Waals surface area (Å²) in [4.78, 5) is 0. The third kappa shape index (κ3) is 2.63. The molecule has 0 aromatic heterocycles. The Kier molecular flexibility index (Phi) is 4.89. The van der Waals surface area contributed by atoms with Crippen LogP contribution in [0, 0.1) is 0 Å². The van der Waals surface area contributed by atoms with E-state index in [1.54, 1.807) is 21.3 Å². The number of hydrogen-bond acceptors (Lipinski definition) is 4. The first-order valence-corrected chi connectivity index (χ1v) is 7.15. The van der Waals surface area contributed by atoms with Crippen molar-refractivity contribution in [3.63, 3.8) is 0 Å². The second kappa shape index (κ2) is 6.46. The maximum Gasteiger partial charge on any atom is 0.161 e. The van der Waals surface area contributed by atoms with Gasteiger partial charge in [-0.15, -0.1) is 0 Å². The minimum atomic E-state index is 0.0629. The summed E-state index contributed by atoms with van der Waals surface area (Å²) in [6.07, 6.45) is 4.74. The van der Waals surface area contributed by atoms with Crippen molar-refractivity contribution in [1.29, 1.82) is 0 Å². The zero-order valence-electron chi connectivity index (χ0n) is 12.7. The van der Waals surface area contributed by atoms with E-state index in [0.717, 1.165) is 29.9 Å². The van der Waals surface area contributed by atoms with Crippen LogP contribution in [0.5, 0.6) is 11.5 Å². The van der Waals surface area contributed by atoms with Crippen LogP contribution in [-0.2, 0) is 16.8 Å². The van der Waals surface area contributed by atoms with Gasteiger partial charge in [0.2, 0.25) is 0 Å². The highest BCUT2D eigenvalue weighted by Gasteiger charge is 2.36. The molecule has 0 aliphatic heterocycles. The molecule has 0 unspecified atom stereocenters. The van der Waals surface area contributed by atoms with E-state index in [4.69, 9.17) is 19.9 Å². The number of nitrogens with two attached hydrogens (primary N) is 1. The van der Waals surface area contributed by atoms with Crippen molar-refractivity contribution in [1.82, 2.24) is 0 Å². The smallest absolute Gasteiger partial charge is 0.161 e. The Hall–Kier alpha value is -1.26. The van der Waals surface area contributed by atoms with Gasteiger partial charge in [0.05, 0.1) is 20.8 Å². The number of rotatable bonds is 6. The quantitative estimate of drug-likeness (QED) is 0.869. The summed E-state index contributed by atoms with van der Waals surface area (Å²) in [5, 5.41) is 0. The van der Waals surface area contributed by atoms with E-state index in [0.29, 0.717) is 13.2 Å². The van der Waals surface area contributed by atoms with Gasteiger partial charge in [0.1, 0.15) is 0 Å². The van der Waals surface area contributed by atoms with Crippen molar-refractivity contribution in [3.8, 4) is 11.5 Å². The van der Waals surface area contributed by atoms with Crippen LogP contribution in [-0.4, -0.2) is 27.9 Å². The van der Waals surface area contributed by atoms with Gasteiger partial charge in [0.15, 0.2) is 11.5 Å². The first-order chi connectivity index (χ1) is 9.70. The molecule has 1 saturated carbocycles. The summed E-state index contributed by atoms with van der Waals surface area (Å²) in [6.45, 7) is 1.23. The van der Waals surface area contributed by atoms with Crippen LogP contribution >= 0.6 is 0 Å². The van der Waals surface area contributed by atoms with Crippen LogP contribution in [0.15, 0.2) is 12.1 Å². The van der Waals surface area contributed by atoms with Crippen LogP contribution in [0.2, 0.25) is 0 Å². The average Bonchev–Trinajstić information content (AvgIpc) is 2.97. The van der Waals surface area contributed by atoms with Gasteiger partial charge in [0.25, 0.3) is 0 Å². The second-order valence-electron chi connectivity index (χ2n) is 5.49. The first kappa shape index (κ1) is 15.1. The standard InChI is InChI=1S/C16H25NO3/c1-18-10-12-8-14(19-2)15(20-3)9-13(12)16(11-17)6-4-5-7-16/h8-9H,4-7,10-11,17H2,1-3H3. The molecule has 1 aromatic carbocycles. The molecule has 0 amide bonds. The number of hydrogen-bond donors (Lipinski definition) is 1. The summed E-state index contributed by atoms with van der Waals surface area (Å²) < 4.78 is 16.2. The summed E-state index contributed by atoms with van der Waals surface area (Å²) in [6, 6.07) is 4.11. The van der Waals surface area contributed by atoms with Gasteiger partial charge < -0.3 is 19.9 Å². The molecule has 0 atom stereocenters. The van der Waals surface area contributed by atoms with Crippen molar-refractivity contribution >= 4 is 0 Å². The molecule has 0 radical (unpaired) electrons. The molecule has 0 heterocycles. The number of methoxy groups -OCH3 is 3. The summed E-state index contributed by atoms with van der Waals surface area (Å²) >= 11 is 0. The Morgan fingerprint density at radius 3 is 2.15 bits per heavy atom. The van der Waals surface area contributed by atoms with Crippen LogP contribution in [0.1, 0.15) is 36.8 Å². The Labute approximate surface area is 121 Å². The van der Waals surface area contributed by atoms with E-state index in [9.17, 15) is 0 Å². The van der Waals surface area contributed by atoms with Gasteiger partial charge in [-0.2, -0.15) is 0 Å². The third-order valence-electron chi connectivity index (χ3n) is 4.43. The van der Waals surface area contributed by atoms with E-state index >= 15 is 0 Å². The van der Waals surface area contributed by atoms with E-state index in [1.165, 1.54) is 18.4 Å². The van der Waals surface area contributed by atoms with Gasteiger partial charge in [-0.25, -0.2) is 0 Å². The van der Waals surface area contributed by atoms with Crippen molar-refractivity contribution in [2.75, 3.05) is 27.9 Å². The molecule has 4 nitrogen and oxygen atoms in total. The molecule has 0 saturated heterocycles. The molecule has 1 aliphatic carbocycles. The van der Waals surface area contributed by atoms with E-state index in [1.807, 2.05) is 6.07 Å². The molecule has 0 spiro atoms. The lowest BCUT2D eigenvalue weighted by Gasteiger charge is -2.31. The van der Waals surface area contributed by atoms with Crippen molar-refractivity contribution in [2.45, 2.75) is 37.7 Å². The highest BCUT2D eigenvalue weighted by Crippen LogP contribution is 2.45. The van der Waals surface area contributed by atoms with Gasteiger partial charge >= 0.3 is 0 Å². The maximum absolute atomic E-state index is 6.12. The Balaban J connectivity index is 2.53. The molecule has 1 fully saturated rings. The van der Waals surface area contributed by atoms with Gasteiger partial charge in [-0.1, -0.05) is 12.8 Å². The average molecular weight is 279 g/mol. The zero-order valence-corrected chi connectivity index (χ0v) is 12.7. The lowest BCUT2D eigenvalue weighted by Crippen LogP contribution is -2.33. The predicted molar refractivity (Wildman–Crippen MR) is 79.5 cm³/mol. The fraction of sp³-hybridized carbons (Fsp3) is 0.625. The van der Waals surface area contributed by atoms with E-state index in [2.05, 4.69) is 6.07 Å². The van der Waals surface area contributed by atoms with E-state index in [-0.39, 0.29) is 5.41 Å². The zero-order chi connectivity index (χ0) is 14.6. The van der Waals surface area contributed by atoms with Crippen LogP contribution in [0.25, 0.3) is 0 Å². The first-order valence-electron chi connectivity index (χ1n) is 7.15. The summed E-state index contributed by atoms with van der Waals surface area (Å²) in [7, 11) is 5.04. The van der Waals surface area contributed by atoms with Gasteiger partial charge in [-0.3, -0.25) is 0 Å². The van der Waals surface area contributed by atoms with Crippen LogP contribution < -0.4 is 15.2 Å². The maximum atomic E-state index is 6.12. The second-order valence-corrected chi connectivity index (χ2v) is 5.49. The highest BCUT2D eigenvalue weighted by atomic mass is 16.5. The predicted octanol–water partition coefficient (Wildman–Crippen LogP) is 2.62. The molecule has 4 heteroatoms. The topological polar surface area (TPSA) is 53.7 Å². The third-order valence-corrected chi connectivity index (χ3v) is 4.43. The Morgan fingerprint density at radius 2 is 1.65 bits per heavy atom. The highest BCUT2D eigenvalue weighted by molar-refractivity contribution is 5.50. The Morgan fingerprint density at radius 1 is 1.05 bits per heavy atom. The Bertz CT molecular complexity index is 453. The van der Waals surface area contributed by atoms with Crippen molar-refractivity contribution in [3.05, 3.63) is 23.3 Å². The molecule has 0 bridgehead atoms. The molecule has 20 heavy (non-hydrogen) atoms. The van der Waals surface area contributed by atoms with Crippen molar-refractivity contribution < 1.29 is 14.2 Å². The molecule has 1 aromatic rings. The SMILES string of the molecule is COCc1cc(OC)c(OC)cc1C1(CN)CCCC1. The molecular formula is C16H25NO3. The van der Waals surface area contributed by atoms with Crippen molar-refractivity contribution in [2.24, 2.45) is 5.73 Å². The molecule has 1 aliphatic rings. The fourth-order valence-electron chi connectivity index (χ4n) is 3.32. The van der Waals surface area contributed by atoms with E-state index < -0.39 is 0 Å². The minimum Gasteiger partial charge on any atom is -0.493 e. The summed E-state index contributed by atoms with van der Waals surface area (Å²) in [5.41, 5.74) is 8.59. The lowest BCUT2D eigenvalue weighted by molar-refractivity contribution is 0.182. The molecule has 112 valence electrons.